The SMILES string of the molecule is C[C@@H](CNC1(C)COC1)n1c(=O)c(-c2cccc(F)c2Cl)cn(CC(=O)O)c1=O. The maximum Gasteiger partial charge on any atom is 0.331 e. The summed E-state index contributed by atoms with van der Waals surface area (Å²) in [7, 11) is 0. The second kappa shape index (κ2) is 8.10. The molecule has 2 heterocycles. The van der Waals surface area contributed by atoms with Crippen LogP contribution in [-0.4, -0.2) is 45.5 Å². The Morgan fingerprint density at radius 1 is 1.38 bits per heavy atom. The van der Waals surface area contributed by atoms with E-state index < -0.39 is 35.6 Å². The highest BCUT2D eigenvalue weighted by Crippen LogP contribution is 2.27. The molecule has 0 radical (unpaired) electrons. The van der Waals surface area contributed by atoms with Crippen molar-refractivity contribution < 1.29 is 19.0 Å². The third kappa shape index (κ3) is 4.26. The zero-order chi connectivity index (χ0) is 21.3. The smallest absolute Gasteiger partial charge is 0.331 e. The Morgan fingerprint density at radius 3 is 2.66 bits per heavy atom. The largest absolute Gasteiger partial charge is 0.480 e. The number of benzene rings is 1. The Balaban J connectivity index is 2.11. The lowest BCUT2D eigenvalue weighted by molar-refractivity contribution is -0.137. The maximum absolute atomic E-state index is 13.9. The van der Waals surface area contributed by atoms with Crippen molar-refractivity contribution in [2.24, 2.45) is 0 Å². The number of nitrogens with zero attached hydrogens (tertiary/aromatic N) is 2. The molecule has 156 valence electrons. The first-order valence-electron chi connectivity index (χ1n) is 8.98. The minimum absolute atomic E-state index is 0.0552. The molecule has 1 aromatic carbocycles. The Labute approximate surface area is 170 Å². The molecule has 29 heavy (non-hydrogen) atoms. The summed E-state index contributed by atoms with van der Waals surface area (Å²) in [5.74, 6) is -1.97. The van der Waals surface area contributed by atoms with Gasteiger partial charge in [0.05, 0.1) is 35.4 Å². The number of hydrogen-bond acceptors (Lipinski definition) is 5. The van der Waals surface area contributed by atoms with Crippen molar-refractivity contribution in [3.05, 3.63) is 56.1 Å². The van der Waals surface area contributed by atoms with Gasteiger partial charge in [0.15, 0.2) is 0 Å². The fourth-order valence-electron chi connectivity index (χ4n) is 3.16. The molecule has 1 aliphatic heterocycles. The molecule has 0 unspecified atom stereocenters. The number of carboxylic acids is 1. The monoisotopic (exact) mass is 425 g/mol. The third-order valence-electron chi connectivity index (χ3n) is 4.84. The molecule has 0 amide bonds. The van der Waals surface area contributed by atoms with E-state index in [2.05, 4.69) is 5.32 Å². The average Bonchev–Trinajstić information content (AvgIpc) is 2.63. The van der Waals surface area contributed by atoms with Gasteiger partial charge in [0, 0.05) is 18.3 Å². The molecule has 0 aliphatic carbocycles. The standard InChI is InChI=1S/C19H21ClFN3O5/c1-11(6-22-19(2)9-29-10-19)24-17(27)13(7-23(18(24)28)8-15(25)26)12-4-3-5-14(21)16(12)20/h3-5,7,11,22H,6,8-10H2,1-2H3,(H,25,26)/t11-/m0/s1. The molecule has 0 saturated carbocycles. The molecule has 8 nitrogen and oxygen atoms in total. The predicted molar refractivity (Wildman–Crippen MR) is 105 cm³/mol. The van der Waals surface area contributed by atoms with Crippen LogP contribution in [0.2, 0.25) is 5.02 Å². The molecule has 0 spiro atoms. The summed E-state index contributed by atoms with van der Waals surface area (Å²) < 4.78 is 21.0. The van der Waals surface area contributed by atoms with E-state index in [4.69, 9.17) is 21.4 Å². The number of hydrogen-bond donors (Lipinski definition) is 2. The van der Waals surface area contributed by atoms with E-state index in [1.54, 1.807) is 6.92 Å². The van der Waals surface area contributed by atoms with Crippen LogP contribution in [-0.2, 0) is 16.1 Å². The quantitative estimate of drug-likeness (QED) is 0.696. The lowest BCUT2D eigenvalue weighted by Gasteiger charge is -2.39. The maximum atomic E-state index is 13.9. The van der Waals surface area contributed by atoms with Crippen molar-refractivity contribution in [3.63, 3.8) is 0 Å². The summed E-state index contributed by atoms with van der Waals surface area (Å²) >= 11 is 6.02. The fraction of sp³-hybridized carbons (Fsp3) is 0.421. The highest BCUT2D eigenvalue weighted by atomic mass is 35.5. The second-order valence-electron chi connectivity index (χ2n) is 7.41. The van der Waals surface area contributed by atoms with E-state index in [0.29, 0.717) is 13.2 Å². The summed E-state index contributed by atoms with van der Waals surface area (Å²) in [4.78, 5) is 37.1. The molecule has 1 saturated heterocycles. The second-order valence-corrected chi connectivity index (χ2v) is 7.78. The summed E-state index contributed by atoms with van der Waals surface area (Å²) in [5, 5.41) is 12.1. The predicted octanol–water partition coefficient (Wildman–Crippen LogP) is 1.49. The Hall–Kier alpha value is -2.49. The summed E-state index contributed by atoms with van der Waals surface area (Å²) in [5.41, 5.74) is -1.66. The molecule has 1 fully saturated rings. The number of carboxylic acid groups (broad SMARTS) is 1. The topological polar surface area (TPSA) is 103 Å². The van der Waals surface area contributed by atoms with Crippen LogP contribution >= 0.6 is 11.6 Å². The molecule has 1 aromatic heterocycles. The third-order valence-corrected chi connectivity index (χ3v) is 5.22. The van der Waals surface area contributed by atoms with Crippen molar-refractivity contribution in [1.29, 1.82) is 0 Å². The fourth-order valence-corrected chi connectivity index (χ4v) is 3.39. The van der Waals surface area contributed by atoms with E-state index in [0.717, 1.165) is 21.4 Å². The lowest BCUT2D eigenvalue weighted by Crippen LogP contribution is -2.59. The highest BCUT2D eigenvalue weighted by Gasteiger charge is 2.33. The molecule has 10 heteroatoms. The van der Waals surface area contributed by atoms with Crippen LogP contribution < -0.4 is 16.6 Å². The molecule has 2 N–H and O–H groups in total. The molecular weight excluding hydrogens is 405 g/mol. The molecule has 2 aromatic rings. The van der Waals surface area contributed by atoms with Gasteiger partial charge in [0.1, 0.15) is 12.4 Å². The zero-order valence-corrected chi connectivity index (χ0v) is 16.7. The van der Waals surface area contributed by atoms with Crippen LogP contribution in [0.3, 0.4) is 0 Å². The first-order chi connectivity index (χ1) is 13.6. The van der Waals surface area contributed by atoms with Crippen LogP contribution in [0.15, 0.2) is 34.0 Å². The Bertz CT molecular complexity index is 1060. The molecular formula is C19H21ClFN3O5. The number of aliphatic carboxylic acids is 1. The van der Waals surface area contributed by atoms with Gasteiger partial charge in [0.2, 0.25) is 0 Å². The van der Waals surface area contributed by atoms with Crippen molar-refractivity contribution >= 4 is 17.6 Å². The number of carbonyl (C=O) groups is 1. The van der Waals surface area contributed by atoms with Gasteiger partial charge < -0.3 is 15.2 Å². The minimum Gasteiger partial charge on any atom is -0.480 e. The van der Waals surface area contributed by atoms with E-state index in [-0.39, 0.29) is 28.2 Å². The van der Waals surface area contributed by atoms with Crippen LogP contribution in [0.25, 0.3) is 11.1 Å². The van der Waals surface area contributed by atoms with Crippen LogP contribution in [0, 0.1) is 5.82 Å². The van der Waals surface area contributed by atoms with E-state index >= 15 is 0 Å². The number of halogens is 2. The van der Waals surface area contributed by atoms with Crippen molar-refractivity contribution in [2.75, 3.05) is 19.8 Å². The summed E-state index contributed by atoms with van der Waals surface area (Å²) in [6.07, 6.45) is 1.11. The Kier molecular flexibility index (Phi) is 5.92. The summed E-state index contributed by atoms with van der Waals surface area (Å²) in [6, 6.07) is 3.37. The average molecular weight is 426 g/mol. The van der Waals surface area contributed by atoms with E-state index in [1.165, 1.54) is 12.1 Å². The van der Waals surface area contributed by atoms with Gasteiger partial charge in [-0.15, -0.1) is 0 Å². The first kappa shape index (κ1) is 21.2. The minimum atomic E-state index is -1.25. The normalized spacial score (nSPS) is 16.3. The number of nitrogens with one attached hydrogen (secondary N) is 1. The van der Waals surface area contributed by atoms with Crippen LogP contribution in [0.4, 0.5) is 4.39 Å². The number of ether oxygens (including phenoxy) is 1. The summed E-state index contributed by atoms with van der Waals surface area (Å²) in [6.45, 7) is 4.28. The van der Waals surface area contributed by atoms with Gasteiger partial charge in [-0.2, -0.15) is 0 Å². The van der Waals surface area contributed by atoms with Crippen molar-refractivity contribution in [1.82, 2.24) is 14.5 Å². The highest BCUT2D eigenvalue weighted by molar-refractivity contribution is 6.33. The van der Waals surface area contributed by atoms with Gasteiger partial charge in [-0.1, -0.05) is 23.7 Å². The molecule has 1 aliphatic rings. The van der Waals surface area contributed by atoms with E-state index in [1.807, 2.05) is 6.92 Å². The zero-order valence-electron chi connectivity index (χ0n) is 15.9. The van der Waals surface area contributed by atoms with Gasteiger partial charge >= 0.3 is 11.7 Å². The number of aromatic nitrogens is 2. The van der Waals surface area contributed by atoms with Gasteiger partial charge in [0.25, 0.3) is 5.56 Å². The van der Waals surface area contributed by atoms with Crippen molar-refractivity contribution in [3.8, 4) is 11.1 Å². The lowest BCUT2D eigenvalue weighted by atomic mass is 10.0. The van der Waals surface area contributed by atoms with Crippen LogP contribution in [0.5, 0.6) is 0 Å². The van der Waals surface area contributed by atoms with Crippen molar-refractivity contribution in [2.45, 2.75) is 32.0 Å². The van der Waals surface area contributed by atoms with E-state index in [9.17, 15) is 18.8 Å². The van der Waals surface area contributed by atoms with Crippen LogP contribution in [0.1, 0.15) is 19.9 Å². The molecule has 1 atom stereocenters. The number of rotatable bonds is 7. The Morgan fingerprint density at radius 2 is 2.07 bits per heavy atom. The molecule has 3 rings (SSSR count). The van der Waals surface area contributed by atoms with Gasteiger partial charge in [-0.3, -0.25) is 18.7 Å². The van der Waals surface area contributed by atoms with Gasteiger partial charge in [-0.05, 0) is 19.9 Å². The first-order valence-corrected chi connectivity index (χ1v) is 9.36. The van der Waals surface area contributed by atoms with Gasteiger partial charge in [-0.25, -0.2) is 9.18 Å². The molecule has 0 bridgehead atoms.